The van der Waals surface area contributed by atoms with Gasteiger partial charge in [-0.25, -0.2) is 0 Å². The highest BCUT2D eigenvalue weighted by molar-refractivity contribution is 6.18. The van der Waals surface area contributed by atoms with E-state index in [4.69, 9.17) is 0 Å². The van der Waals surface area contributed by atoms with Gasteiger partial charge in [-0.3, -0.25) is 20.0 Å². The zero-order valence-corrected chi connectivity index (χ0v) is 17.0. The van der Waals surface area contributed by atoms with Crippen LogP contribution in [0.2, 0.25) is 0 Å². The Labute approximate surface area is 159 Å². The Morgan fingerprint density at radius 1 is 0.615 bits per heavy atom. The van der Waals surface area contributed by atoms with Crippen molar-refractivity contribution in [2.45, 2.75) is 89.4 Å². The summed E-state index contributed by atoms with van der Waals surface area (Å²) in [7, 11) is 2.22. The first-order chi connectivity index (χ1) is 12.6. The Morgan fingerprint density at radius 2 is 0.962 bits per heavy atom. The van der Waals surface area contributed by atoms with Gasteiger partial charge in [-0.05, 0) is 71.5 Å². The number of aliphatic imine (C=N–C) groups is 4. The normalized spacial score (nSPS) is 19.2. The van der Waals surface area contributed by atoms with Crippen LogP contribution in [-0.2, 0) is 0 Å². The van der Waals surface area contributed by atoms with Gasteiger partial charge in [-0.2, -0.15) is 0 Å². The van der Waals surface area contributed by atoms with Crippen LogP contribution in [0.4, 0.5) is 0 Å². The molecule has 0 radical (unpaired) electrons. The average molecular weight is 360 g/mol. The van der Waals surface area contributed by atoms with Gasteiger partial charge < -0.3 is 4.90 Å². The second-order valence-electron chi connectivity index (χ2n) is 7.80. The maximum Gasteiger partial charge on any atom is 0.150 e. The first-order valence-corrected chi connectivity index (χ1v) is 10.5. The summed E-state index contributed by atoms with van der Waals surface area (Å²) in [4.78, 5) is 21.1. The zero-order valence-electron chi connectivity index (χ0n) is 17.0. The van der Waals surface area contributed by atoms with Crippen LogP contribution in [0.1, 0.15) is 78.1 Å². The summed E-state index contributed by atoms with van der Waals surface area (Å²) in [5.41, 5.74) is -0.317. The van der Waals surface area contributed by atoms with E-state index in [-0.39, 0.29) is 11.3 Å². The van der Waals surface area contributed by atoms with E-state index in [2.05, 4.69) is 45.8 Å². The molecule has 2 aliphatic heterocycles. The van der Waals surface area contributed by atoms with E-state index in [1.165, 1.54) is 25.7 Å². The average Bonchev–Trinajstić information content (AvgIpc) is 3.29. The van der Waals surface area contributed by atoms with Gasteiger partial charge in [-0.1, -0.05) is 26.7 Å². The van der Waals surface area contributed by atoms with Crippen LogP contribution in [0.15, 0.2) is 20.0 Å². The smallest absolute Gasteiger partial charge is 0.150 e. The number of hydrogen-bond acceptors (Lipinski definition) is 5. The first-order valence-electron chi connectivity index (χ1n) is 10.5. The second-order valence-corrected chi connectivity index (χ2v) is 7.80. The molecule has 0 aromatic rings. The SMILES string of the molecule is CCCCC1(CCCN(C)CCCC2(CCCC)N=CC=N2)N=CC=N1. The molecule has 26 heavy (non-hydrogen) atoms. The zero-order chi connectivity index (χ0) is 18.7. The molecule has 2 rings (SSSR count). The lowest BCUT2D eigenvalue weighted by atomic mass is 9.97. The number of unbranched alkanes of at least 4 members (excludes halogenated alkanes) is 2. The molecular formula is C21H37N5. The number of nitrogens with zero attached hydrogens (tertiary/aromatic N) is 5. The fourth-order valence-electron chi connectivity index (χ4n) is 3.82. The predicted molar refractivity (Wildman–Crippen MR) is 114 cm³/mol. The molecule has 0 aromatic carbocycles. The van der Waals surface area contributed by atoms with Crippen molar-refractivity contribution in [3.05, 3.63) is 0 Å². The van der Waals surface area contributed by atoms with E-state index in [0.29, 0.717) is 0 Å². The summed E-state index contributed by atoms with van der Waals surface area (Å²) in [5, 5.41) is 0. The summed E-state index contributed by atoms with van der Waals surface area (Å²) in [5.74, 6) is 0. The Bertz CT molecular complexity index is 450. The van der Waals surface area contributed by atoms with E-state index in [0.717, 1.165) is 51.6 Å². The molecule has 0 N–H and O–H groups in total. The quantitative estimate of drug-likeness (QED) is 0.448. The van der Waals surface area contributed by atoms with Crippen LogP contribution < -0.4 is 0 Å². The lowest BCUT2D eigenvalue weighted by molar-refractivity contribution is 0.274. The van der Waals surface area contributed by atoms with Gasteiger partial charge in [0.15, 0.2) is 0 Å². The molecule has 0 unspecified atom stereocenters. The summed E-state index contributed by atoms with van der Waals surface area (Å²) < 4.78 is 0. The van der Waals surface area contributed by atoms with E-state index in [1.54, 1.807) is 0 Å². The number of hydrogen-bond donors (Lipinski definition) is 0. The molecule has 5 heteroatoms. The number of rotatable bonds is 14. The molecule has 0 aliphatic carbocycles. The van der Waals surface area contributed by atoms with Crippen LogP contribution in [-0.4, -0.2) is 61.2 Å². The third kappa shape index (κ3) is 6.42. The first kappa shape index (κ1) is 20.9. The standard InChI is InChI=1S/C21H37N5/c1-4-6-10-20(22-14-15-23-20)12-8-18-26(3)19-9-13-21(11-7-5-2)24-16-17-25-21/h14-17H,4-13,18-19H2,1-3H3. The predicted octanol–water partition coefficient (Wildman–Crippen LogP) is 4.56. The highest BCUT2D eigenvalue weighted by Crippen LogP contribution is 2.30. The third-order valence-corrected chi connectivity index (χ3v) is 5.49. The van der Waals surface area contributed by atoms with Crippen molar-refractivity contribution < 1.29 is 0 Å². The largest absolute Gasteiger partial charge is 0.306 e. The van der Waals surface area contributed by atoms with Crippen molar-refractivity contribution >= 4 is 24.9 Å². The maximum atomic E-state index is 4.66. The van der Waals surface area contributed by atoms with E-state index < -0.39 is 0 Å². The Kier molecular flexibility index (Phi) is 8.63. The molecule has 0 bridgehead atoms. The maximum absolute atomic E-state index is 4.66. The molecule has 0 amide bonds. The summed E-state index contributed by atoms with van der Waals surface area (Å²) in [6.07, 6.45) is 18.9. The monoisotopic (exact) mass is 359 g/mol. The summed E-state index contributed by atoms with van der Waals surface area (Å²) in [6.45, 7) is 6.67. The lowest BCUT2D eigenvalue weighted by Gasteiger charge is -2.26. The van der Waals surface area contributed by atoms with Gasteiger partial charge >= 0.3 is 0 Å². The van der Waals surface area contributed by atoms with Crippen LogP contribution in [0, 0.1) is 0 Å². The Hall–Kier alpha value is -1.36. The minimum Gasteiger partial charge on any atom is -0.306 e. The molecule has 0 fully saturated rings. The van der Waals surface area contributed by atoms with E-state index >= 15 is 0 Å². The van der Waals surface area contributed by atoms with Crippen molar-refractivity contribution in [2.24, 2.45) is 20.0 Å². The molecule has 0 atom stereocenters. The summed E-state index contributed by atoms with van der Waals surface area (Å²) in [6, 6.07) is 0. The van der Waals surface area contributed by atoms with Crippen molar-refractivity contribution in [2.75, 3.05) is 20.1 Å². The summed E-state index contributed by atoms with van der Waals surface area (Å²) >= 11 is 0. The van der Waals surface area contributed by atoms with Crippen molar-refractivity contribution in [3.8, 4) is 0 Å². The van der Waals surface area contributed by atoms with Gasteiger partial charge in [0.25, 0.3) is 0 Å². The molecule has 2 aliphatic rings. The van der Waals surface area contributed by atoms with Gasteiger partial charge in [0.2, 0.25) is 0 Å². The van der Waals surface area contributed by atoms with Crippen molar-refractivity contribution in [1.29, 1.82) is 0 Å². The highest BCUT2D eigenvalue weighted by Gasteiger charge is 2.29. The minimum atomic E-state index is -0.158. The highest BCUT2D eigenvalue weighted by atomic mass is 15.1. The molecule has 2 heterocycles. The van der Waals surface area contributed by atoms with Crippen LogP contribution >= 0.6 is 0 Å². The van der Waals surface area contributed by atoms with Crippen LogP contribution in [0.25, 0.3) is 0 Å². The lowest BCUT2D eigenvalue weighted by Crippen LogP contribution is -2.28. The van der Waals surface area contributed by atoms with Gasteiger partial charge in [0.1, 0.15) is 11.3 Å². The second kappa shape index (κ2) is 10.7. The van der Waals surface area contributed by atoms with Gasteiger partial charge in [0.05, 0.1) is 0 Å². The molecule has 5 nitrogen and oxygen atoms in total. The van der Waals surface area contributed by atoms with Gasteiger partial charge in [-0.15, -0.1) is 0 Å². The third-order valence-electron chi connectivity index (χ3n) is 5.49. The van der Waals surface area contributed by atoms with E-state index in [1.807, 2.05) is 24.9 Å². The fraction of sp³-hybridized carbons (Fsp3) is 0.810. The van der Waals surface area contributed by atoms with Crippen LogP contribution in [0.3, 0.4) is 0 Å². The van der Waals surface area contributed by atoms with E-state index in [9.17, 15) is 0 Å². The van der Waals surface area contributed by atoms with Gasteiger partial charge in [0, 0.05) is 24.9 Å². The molecule has 0 saturated heterocycles. The fourth-order valence-corrected chi connectivity index (χ4v) is 3.82. The van der Waals surface area contributed by atoms with Crippen molar-refractivity contribution in [3.63, 3.8) is 0 Å². The molecule has 0 spiro atoms. The molecule has 0 aromatic heterocycles. The Morgan fingerprint density at radius 3 is 1.31 bits per heavy atom. The Balaban J connectivity index is 1.66. The minimum absolute atomic E-state index is 0.158. The molecule has 0 saturated carbocycles. The molecular weight excluding hydrogens is 322 g/mol. The van der Waals surface area contributed by atoms with Crippen molar-refractivity contribution in [1.82, 2.24) is 4.90 Å². The topological polar surface area (TPSA) is 52.7 Å². The van der Waals surface area contributed by atoms with Crippen LogP contribution in [0.5, 0.6) is 0 Å². The molecule has 146 valence electrons.